The zero-order chi connectivity index (χ0) is 8.97. The molecule has 0 amide bonds. The number of thiocarbonyl (C=S) groups is 1. The standard InChI is InChI=1S/C7H11N3S2/c1-10(2)9-7(11)8-6-3-4-12-5-6/h3-5H,1-2H3,(H2,8,9,11). The first-order valence-corrected chi connectivity index (χ1v) is 4.81. The van der Waals surface area contributed by atoms with E-state index < -0.39 is 0 Å². The van der Waals surface area contributed by atoms with E-state index in [1.54, 1.807) is 16.3 Å². The highest BCUT2D eigenvalue weighted by molar-refractivity contribution is 7.80. The van der Waals surface area contributed by atoms with Crippen molar-refractivity contribution in [2.45, 2.75) is 0 Å². The van der Waals surface area contributed by atoms with Crippen molar-refractivity contribution in [1.82, 2.24) is 10.4 Å². The van der Waals surface area contributed by atoms with Crippen molar-refractivity contribution >= 4 is 34.4 Å². The van der Waals surface area contributed by atoms with Gasteiger partial charge >= 0.3 is 0 Å². The maximum Gasteiger partial charge on any atom is 0.185 e. The van der Waals surface area contributed by atoms with Crippen LogP contribution in [0.2, 0.25) is 0 Å². The summed E-state index contributed by atoms with van der Waals surface area (Å²) in [6.07, 6.45) is 0. The summed E-state index contributed by atoms with van der Waals surface area (Å²) in [6.45, 7) is 0. The fraction of sp³-hybridized carbons (Fsp3) is 0.286. The first-order chi connectivity index (χ1) is 5.68. The third-order valence-corrected chi connectivity index (χ3v) is 1.98. The quantitative estimate of drug-likeness (QED) is 0.560. The summed E-state index contributed by atoms with van der Waals surface area (Å²) >= 11 is 6.66. The summed E-state index contributed by atoms with van der Waals surface area (Å²) in [5.41, 5.74) is 3.97. The number of rotatable bonds is 2. The van der Waals surface area contributed by atoms with Gasteiger partial charge in [-0.15, -0.1) is 0 Å². The second-order valence-corrected chi connectivity index (χ2v) is 3.66. The molecule has 12 heavy (non-hydrogen) atoms. The van der Waals surface area contributed by atoms with Crippen molar-refractivity contribution in [2.75, 3.05) is 19.4 Å². The van der Waals surface area contributed by atoms with Gasteiger partial charge in [0, 0.05) is 19.5 Å². The molecule has 0 radical (unpaired) electrons. The SMILES string of the molecule is CN(C)NC(=S)Nc1ccsc1. The van der Waals surface area contributed by atoms with Crippen LogP contribution in [-0.4, -0.2) is 24.2 Å². The van der Waals surface area contributed by atoms with Crippen LogP contribution in [0.1, 0.15) is 0 Å². The molecule has 0 aromatic carbocycles. The van der Waals surface area contributed by atoms with E-state index in [9.17, 15) is 0 Å². The van der Waals surface area contributed by atoms with E-state index in [0.717, 1.165) is 5.69 Å². The smallest absolute Gasteiger partial charge is 0.185 e. The molecule has 0 aliphatic rings. The molecule has 0 aliphatic carbocycles. The van der Waals surface area contributed by atoms with Crippen LogP contribution in [0.25, 0.3) is 0 Å². The molecule has 0 unspecified atom stereocenters. The van der Waals surface area contributed by atoms with E-state index in [4.69, 9.17) is 12.2 Å². The average molecular weight is 201 g/mol. The molecule has 0 spiro atoms. The first-order valence-electron chi connectivity index (χ1n) is 3.45. The minimum atomic E-state index is 0.610. The molecule has 1 rings (SSSR count). The topological polar surface area (TPSA) is 27.3 Å². The lowest BCUT2D eigenvalue weighted by atomic mass is 10.5. The average Bonchev–Trinajstić information content (AvgIpc) is 2.37. The van der Waals surface area contributed by atoms with Gasteiger partial charge in [-0.05, 0) is 23.7 Å². The maximum atomic E-state index is 5.02. The third-order valence-electron chi connectivity index (χ3n) is 1.10. The van der Waals surface area contributed by atoms with Gasteiger partial charge in [0.15, 0.2) is 5.11 Å². The number of nitrogens with zero attached hydrogens (tertiary/aromatic N) is 1. The predicted octanol–water partition coefficient (Wildman–Crippen LogP) is 1.51. The molecule has 0 bridgehead atoms. The van der Waals surface area contributed by atoms with Crippen molar-refractivity contribution in [3.8, 4) is 0 Å². The molecule has 1 aromatic heterocycles. The number of hydrogen-bond donors (Lipinski definition) is 2. The van der Waals surface area contributed by atoms with Crippen LogP contribution in [0.4, 0.5) is 5.69 Å². The van der Waals surface area contributed by atoms with E-state index in [1.807, 2.05) is 30.9 Å². The van der Waals surface area contributed by atoms with Gasteiger partial charge in [0.2, 0.25) is 0 Å². The van der Waals surface area contributed by atoms with Crippen LogP contribution in [0.5, 0.6) is 0 Å². The highest BCUT2D eigenvalue weighted by Crippen LogP contribution is 2.11. The summed E-state index contributed by atoms with van der Waals surface area (Å²) in [7, 11) is 3.78. The Morgan fingerprint density at radius 3 is 2.83 bits per heavy atom. The summed E-state index contributed by atoms with van der Waals surface area (Å²) < 4.78 is 0. The van der Waals surface area contributed by atoms with Gasteiger partial charge in [-0.25, -0.2) is 5.01 Å². The van der Waals surface area contributed by atoms with Crippen LogP contribution >= 0.6 is 23.6 Å². The Morgan fingerprint density at radius 2 is 2.33 bits per heavy atom. The second-order valence-electron chi connectivity index (χ2n) is 2.47. The molecular formula is C7H11N3S2. The molecule has 0 saturated carbocycles. The Hall–Kier alpha value is -0.650. The van der Waals surface area contributed by atoms with Gasteiger partial charge in [0.25, 0.3) is 0 Å². The van der Waals surface area contributed by atoms with Gasteiger partial charge in [-0.3, -0.25) is 5.43 Å². The summed E-state index contributed by atoms with van der Waals surface area (Å²) in [6, 6.07) is 1.98. The van der Waals surface area contributed by atoms with Gasteiger partial charge in [0.1, 0.15) is 0 Å². The number of hydrazine groups is 1. The van der Waals surface area contributed by atoms with Crippen LogP contribution in [-0.2, 0) is 0 Å². The minimum absolute atomic E-state index is 0.610. The normalized spacial score (nSPS) is 9.92. The zero-order valence-corrected chi connectivity index (χ0v) is 8.63. The monoisotopic (exact) mass is 201 g/mol. The minimum Gasteiger partial charge on any atom is -0.331 e. The third kappa shape index (κ3) is 3.17. The Labute approximate surface area is 81.4 Å². The molecular weight excluding hydrogens is 190 g/mol. The first kappa shape index (κ1) is 9.44. The van der Waals surface area contributed by atoms with E-state index in [1.165, 1.54) is 0 Å². The summed E-state index contributed by atoms with van der Waals surface area (Å²) in [4.78, 5) is 0. The molecule has 5 heteroatoms. The van der Waals surface area contributed by atoms with Gasteiger partial charge in [0.05, 0.1) is 5.69 Å². The van der Waals surface area contributed by atoms with E-state index >= 15 is 0 Å². The maximum absolute atomic E-state index is 5.02. The molecule has 1 heterocycles. The Bertz CT molecular complexity index is 243. The predicted molar refractivity (Wildman–Crippen MR) is 57.4 cm³/mol. The molecule has 0 fully saturated rings. The van der Waals surface area contributed by atoms with E-state index in [0.29, 0.717) is 5.11 Å². The van der Waals surface area contributed by atoms with Crippen molar-refractivity contribution in [3.63, 3.8) is 0 Å². The molecule has 0 saturated heterocycles. The Kier molecular flexibility index (Phi) is 3.46. The van der Waals surface area contributed by atoms with Crippen LogP contribution in [0.3, 0.4) is 0 Å². The van der Waals surface area contributed by atoms with Gasteiger partial charge in [-0.1, -0.05) is 0 Å². The van der Waals surface area contributed by atoms with Gasteiger partial charge in [-0.2, -0.15) is 11.3 Å². The van der Waals surface area contributed by atoms with E-state index in [2.05, 4.69) is 10.7 Å². The largest absolute Gasteiger partial charge is 0.331 e. The Balaban J connectivity index is 2.37. The number of hydrogen-bond acceptors (Lipinski definition) is 3. The summed E-state index contributed by atoms with van der Waals surface area (Å²) in [5, 5.41) is 9.45. The molecule has 1 aromatic rings. The Morgan fingerprint density at radius 1 is 1.58 bits per heavy atom. The number of thiophene rings is 1. The molecule has 66 valence electrons. The van der Waals surface area contributed by atoms with Crippen molar-refractivity contribution in [1.29, 1.82) is 0 Å². The van der Waals surface area contributed by atoms with Crippen LogP contribution < -0.4 is 10.7 Å². The molecule has 2 N–H and O–H groups in total. The van der Waals surface area contributed by atoms with E-state index in [-0.39, 0.29) is 0 Å². The number of nitrogens with one attached hydrogen (secondary N) is 2. The molecule has 3 nitrogen and oxygen atoms in total. The second kappa shape index (κ2) is 4.39. The van der Waals surface area contributed by atoms with Crippen LogP contribution in [0.15, 0.2) is 16.8 Å². The van der Waals surface area contributed by atoms with Crippen molar-refractivity contribution < 1.29 is 0 Å². The van der Waals surface area contributed by atoms with Crippen molar-refractivity contribution in [2.24, 2.45) is 0 Å². The fourth-order valence-corrected chi connectivity index (χ4v) is 1.59. The number of anilines is 1. The fourth-order valence-electron chi connectivity index (χ4n) is 0.698. The van der Waals surface area contributed by atoms with Crippen LogP contribution in [0, 0.1) is 0 Å². The lowest BCUT2D eigenvalue weighted by Crippen LogP contribution is -2.38. The highest BCUT2D eigenvalue weighted by Gasteiger charge is 1.96. The highest BCUT2D eigenvalue weighted by atomic mass is 32.1. The lowest BCUT2D eigenvalue weighted by Gasteiger charge is -2.14. The summed E-state index contributed by atoms with van der Waals surface area (Å²) in [5.74, 6) is 0. The van der Waals surface area contributed by atoms with Gasteiger partial charge < -0.3 is 5.32 Å². The molecule has 0 atom stereocenters. The zero-order valence-electron chi connectivity index (χ0n) is 7.00. The molecule has 0 aliphatic heterocycles. The lowest BCUT2D eigenvalue weighted by molar-refractivity contribution is 0.365. The van der Waals surface area contributed by atoms with Crippen molar-refractivity contribution in [3.05, 3.63) is 16.8 Å².